The number of carbonyl (C=O) groups is 1. The molecule has 1 aromatic heterocycles. The Labute approximate surface area is 140 Å². The van der Waals surface area contributed by atoms with E-state index in [9.17, 15) is 13.2 Å². The fraction of sp³-hybridized carbons (Fsp3) is 0.308. The maximum Gasteiger partial charge on any atom is 0.266 e. The molecule has 3 rings (SSSR count). The van der Waals surface area contributed by atoms with Crippen molar-refractivity contribution in [2.24, 2.45) is 5.73 Å². The average molecular weight is 403 g/mol. The van der Waals surface area contributed by atoms with Gasteiger partial charge in [-0.2, -0.15) is 4.31 Å². The number of nitrogens with one attached hydrogen (secondary N) is 1. The van der Waals surface area contributed by atoms with Crippen LogP contribution in [0.25, 0.3) is 10.9 Å². The van der Waals surface area contributed by atoms with E-state index < -0.39 is 15.9 Å². The van der Waals surface area contributed by atoms with Gasteiger partial charge >= 0.3 is 0 Å². The highest BCUT2D eigenvalue weighted by Crippen LogP contribution is 2.37. The molecule has 0 saturated carbocycles. The Morgan fingerprint density at radius 3 is 2.57 bits per heavy atom. The summed E-state index contributed by atoms with van der Waals surface area (Å²) in [7, 11) is -3.94. The van der Waals surface area contributed by atoms with Gasteiger partial charge in [0.1, 0.15) is 10.6 Å². The van der Waals surface area contributed by atoms with Crippen LogP contribution in [-0.2, 0) is 14.8 Å². The zero-order chi connectivity index (χ0) is 16.8. The Morgan fingerprint density at radius 2 is 1.96 bits per heavy atom. The van der Waals surface area contributed by atoms with Crippen LogP contribution in [0, 0.1) is 0 Å². The molecule has 0 aliphatic carbocycles. The van der Waals surface area contributed by atoms with Gasteiger partial charge < -0.3 is 21.2 Å². The van der Waals surface area contributed by atoms with Crippen LogP contribution in [0.2, 0.25) is 0 Å². The molecule has 0 bridgehead atoms. The SMILES string of the molecule is NC(=O)c1[nH]c2ccc(Br)c(N)c2c1S(=O)(=O)N1CCOCC1. The highest BCUT2D eigenvalue weighted by Gasteiger charge is 2.34. The maximum atomic E-state index is 13.0. The van der Waals surface area contributed by atoms with Crippen molar-refractivity contribution in [3.63, 3.8) is 0 Å². The van der Waals surface area contributed by atoms with E-state index in [1.165, 1.54) is 4.31 Å². The minimum absolute atomic E-state index is 0.170. The number of H-pyrrole nitrogens is 1. The number of morpholine rings is 1. The number of sulfonamides is 1. The molecule has 0 spiro atoms. The van der Waals surface area contributed by atoms with Gasteiger partial charge in [-0.3, -0.25) is 4.79 Å². The van der Waals surface area contributed by atoms with Crippen LogP contribution >= 0.6 is 15.9 Å². The smallest absolute Gasteiger partial charge is 0.266 e. The third kappa shape index (κ3) is 2.61. The third-order valence-corrected chi connectivity index (χ3v) is 6.38. The summed E-state index contributed by atoms with van der Waals surface area (Å²) in [6.07, 6.45) is 0. The second-order valence-electron chi connectivity index (χ2n) is 5.09. The lowest BCUT2D eigenvalue weighted by molar-refractivity contribution is 0.0730. The number of amides is 1. The molecule has 2 heterocycles. The van der Waals surface area contributed by atoms with Crippen LogP contribution < -0.4 is 11.5 Å². The zero-order valence-corrected chi connectivity index (χ0v) is 14.4. The number of carbonyl (C=O) groups excluding carboxylic acids is 1. The molecule has 1 aromatic carbocycles. The molecule has 8 nitrogen and oxygen atoms in total. The minimum atomic E-state index is -3.94. The van der Waals surface area contributed by atoms with Crippen molar-refractivity contribution in [3.05, 3.63) is 22.3 Å². The predicted octanol–water partition coefficient (Wildman–Crippen LogP) is 0.632. The van der Waals surface area contributed by atoms with Crippen LogP contribution in [0.1, 0.15) is 10.5 Å². The summed E-state index contributed by atoms with van der Waals surface area (Å²) in [5, 5.41) is 0.264. The average Bonchev–Trinajstić information content (AvgIpc) is 2.93. The van der Waals surface area contributed by atoms with Gasteiger partial charge in [0.2, 0.25) is 10.0 Å². The number of aromatic amines is 1. The van der Waals surface area contributed by atoms with Crippen LogP contribution in [0.15, 0.2) is 21.5 Å². The van der Waals surface area contributed by atoms with Gasteiger partial charge in [0, 0.05) is 28.5 Å². The van der Waals surface area contributed by atoms with Crippen molar-refractivity contribution in [1.82, 2.24) is 9.29 Å². The van der Waals surface area contributed by atoms with Crippen LogP contribution in [0.5, 0.6) is 0 Å². The molecule has 5 N–H and O–H groups in total. The van der Waals surface area contributed by atoms with E-state index in [0.29, 0.717) is 23.2 Å². The predicted molar refractivity (Wildman–Crippen MR) is 88.5 cm³/mol. The van der Waals surface area contributed by atoms with Gasteiger partial charge in [-0.1, -0.05) is 0 Å². The first-order valence-corrected chi connectivity index (χ1v) is 9.04. The van der Waals surface area contributed by atoms with Crippen LogP contribution in [-0.4, -0.2) is 49.9 Å². The lowest BCUT2D eigenvalue weighted by Gasteiger charge is -2.26. The topological polar surface area (TPSA) is 132 Å². The quantitative estimate of drug-likeness (QED) is 0.647. The second-order valence-corrected chi connectivity index (χ2v) is 7.82. The molecule has 1 aliphatic rings. The molecular weight excluding hydrogens is 388 g/mol. The second kappa shape index (κ2) is 5.78. The summed E-state index contributed by atoms with van der Waals surface area (Å²) in [5.74, 6) is -0.858. The van der Waals surface area contributed by atoms with Gasteiger partial charge in [-0.05, 0) is 28.1 Å². The number of hydrogen-bond donors (Lipinski definition) is 3. The first kappa shape index (κ1) is 16.2. The molecule has 0 radical (unpaired) electrons. The maximum absolute atomic E-state index is 13.0. The van der Waals surface area contributed by atoms with Crippen LogP contribution in [0.4, 0.5) is 5.69 Å². The Kier molecular flexibility index (Phi) is 4.08. The number of fused-ring (bicyclic) bond motifs is 1. The number of nitrogens with zero attached hydrogens (tertiary/aromatic N) is 1. The van der Waals surface area contributed by atoms with Crippen molar-refractivity contribution in [3.8, 4) is 0 Å². The minimum Gasteiger partial charge on any atom is -0.397 e. The van der Waals surface area contributed by atoms with Crippen LogP contribution in [0.3, 0.4) is 0 Å². The molecule has 1 fully saturated rings. The number of nitrogens with two attached hydrogens (primary N) is 2. The Morgan fingerprint density at radius 1 is 1.30 bits per heavy atom. The number of primary amides is 1. The number of nitrogen functional groups attached to an aromatic ring is 1. The van der Waals surface area contributed by atoms with E-state index in [1.807, 2.05) is 0 Å². The lowest BCUT2D eigenvalue weighted by atomic mass is 10.2. The van der Waals surface area contributed by atoms with Gasteiger partial charge in [0.05, 0.1) is 18.9 Å². The van der Waals surface area contributed by atoms with E-state index in [4.69, 9.17) is 16.2 Å². The summed E-state index contributed by atoms with van der Waals surface area (Å²) < 4.78 is 33.0. The highest BCUT2D eigenvalue weighted by atomic mass is 79.9. The van der Waals surface area contributed by atoms with Crippen molar-refractivity contribution >= 4 is 48.5 Å². The van der Waals surface area contributed by atoms with Gasteiger partial charge in [-0.15, -0.1) is 0 Å². The number of ether oxygens (including phenoxy) is 1. The number of aromatic nitrogens is 1. The van der Waals surface area contributed by atoms with Crippen molar-refractivity contribution < 1.29 is 17.9 Å². The molecule has 0 unspecified atom stereocenters. The van der Waals surface area contributed by atoms with Gasteiger partial charge in [-0.25, -0.2) is 8.42 Å². The molecule has 1 saturated heterocycles. The monoisotopic (exact) mass is 402 g/mol. The van der Waals surface area contributed by atoms with Gasteiger partial charge in [0.15, 0.2) is 0 Å². The number of benzene rings is 1. The molecule has 2 aromatic rings. The number of halogens is 1. The summed E-state index contributed by atoms with van der Waals surface area (Å²) in [6, 6.07) is 3.31. The number of rotatable bonds is 3. The fourth-order valence-electron chi connectivity index (χ4n) is 2.61. The first-order chi connectivity index (χ1) is 10.8. The largest absolute Gasteiger partial charge is 0.397 e. The van der Waals surface area contributed by atoms with Crippen molar-refractivity contribution in [2.45, 2.75) is 4.90 Å². The van der Waals surface area contributed by atoms with E-state index in [-0.39, 0.29) is 34.8 Å². The number of anilines is 1. The van der Waals surface area contributed by atoms with Crippen molar-refractivity contribution in [2.75, 3.05) is 32.0 Å². The van der Waals surface area contributed by atoms with Gasteiger partial charge in [0.25, 0.3) is 5.91 Å². The summed E-state index contributed by atoms with van der Waals surface area (Å²) in [4.78, 5) is 14.3. The molecule has 1 amide bonds. The summed E-state index contributed by atoms with van der Waals surface area (Å²) in [6.45, 7) is 1.02. The fourth-order valence-corrected chi connectivity index (χ4v) is 4.71. The zero-order valence-electron chi connectivity index (χ0n) is 12.0. The Hall–Kier alpha value is -1.62. The van der Waals surface area contributed by atoms with E-state index in [1.54, 1.807) is 12.1 Å². The van der Waals surface area contributed by atoms with E-state index >= 15 is 0 Å². The molecule has 10 heteroatoms. The molecule has 23 heavy (non-hydrogen) atoms. The lowest BCUT2D eigenvalue weighted by Crippen LogP contribution is -2.41. The Bertz CT molecular complexity index is 887. The first-order valence-electron chi connectivity index (χ1n) is 6.81. The normalized spacial score (nSPS) is 16.7. The molecule has 0 atom stereocenters. The van der Waals surface area contributed by atoms with E-state index in [0.717, 1.165) is 0 Å². The molecular formula is C13H15BrN4O4S. The van der Waals surface area contributed by atoms with Crippen molar-refractivity contribution in [1.29, 1.82) is 0 Å². The molecule has 1 aliphatic heterocycles. The third-order valence-electron chi connectivity index (χ3n) is 3.72. The summed E-state index contributed by atoms with van der Waals surface area (Å²) in [5.41, 5.74) is 11.9. The highest BCUT2D eigenvalue weighted by molar-refractivity contribution is 9.10. The number of hydrogen-bond acceptors (Lipinski definition) is 5. The standard InChI is InChI=1S/C13H15BrN4O4S/c14-7-1-2-8-9(10(7)15)12(11(17-8)13(16)19)23(20,21)18-3-5-22-6-4-18/h1-2,17H,3-6,15H2,(H2,16,19). The van der Waals surface area contributed by atoms with E-state index in [2.05, 4.69) is 20.9 Å². The molecule has 124 valence electrons. The summed E-state index contributed by atoms with van der Waals surface area (Å²) >= 11 is 3.28. The Balaban J connectivity index is 2.32.